The topological polar surface area (TPSA) is 49.8 Å². The first-order valence-electron chi connectivity index (χ1n) is 3.33. The van der Waals surface area contributed by atoms with Crippen LogP contribution in [-0.4, -0.2) is 54.2 Å². The second-order valence-corrected chi connectivity index (χ2v) is 2.80. The molecule has 68 valence electrons. The van der Waals surface area contributed by atoms with Crippen LogP contribution in [-0.2, 0) is 9.22 Å². The molecule has 0 aromatic heterocycles. The monoisotopic (exact) mass is 179 g/mol. The molecule has 0 aliphatic rings. The number of aliphatic hydroxyl groups excluding tert-OH is 1. The number of carbonyl (C=O) groups excluding carboxylic acids is 1. The van der Waals surface area contributed by atoms with Gasteiger partial charge in [0, 0.05) is 0 Å². The summed E-state index contributed by atoms with van der Waals surface area (Å²) < 4.78 is 4.33. The van der Waals surface area contributed by atoms with Gasteiger partial charge in [-0.1, -0.05) is 0 Å². The van der Waals surface area contributed by atoms with Gasteiger partial charge in [0.25, 0.3) is 5.97 Å². The Labute approximate surface area is 70.7 Å². The molecule has 0 rings (SSSR count). The predicted molar refractivity (Wildman–Crippen MR) is 47.3 cm³/mol. The maximum atomic E-state index is 10.1. The van der Waals surface area contributed by atoms with Gasteiger partial charge in [-0.2, -0.15) is 0 Å². The van der Waals surface area contributed by atoms with Crippen LogP contribution in [0.3, 0.4) is 0 Å². The highest BCUT2D eigenvalue weighted by atomic mass is 28.2. The minimum Gasteiger partial charge on any atom is -0.529 e. The van der Waals surface area contributed by atoms with Gasteiger partial charge >= 0.3 is 0 Å². The molecule has 0 unspecified atom stereocenters. The number of carbonyl (C=O) groups is 1. The lowest BCUT2D eigenvalue weighted by molar-refractivity contribution is -0.134. The van der Waals surface area contributed by atoms with E-state index in [2.05, 4.69) is 4.43 Å². The van der Waals surface area contributed by atoms with E-state index in [4.69, 9.17) is 5.11 Å². The van der Waals surface area contributed by atoms with Crippen molar-refractivity contribution < 1.29 is 14.3 Å². The van der Waals surface area contributed by atoms with Crippen LogP contribution in [0.1, 0.15) is 6.42 Å². The highest BCUT2D eigenvalue weighted by Crippen LogP contribution is 1.77. The number of hydrogen-bond donors (Lipinski definition) is 1. The van der Waals surface area contributed by atoms with Crippen molar-refractivity contribution >= 4 is 16.5 Å². The number of aliphatic hydroxyl groups is 1. The minimum absolute atomic E-state index is 0.110. The molecule has 0 aliphatic carbocycles. The Kier molecular flexibility index (Phi) is 11.5. The lowest BCUT2D eigenvalue weighted by Gasteiger charge is -1.92. The summed E-state index contributed by atoms with van der Waals surface area (Å²) in [7, 11) is 6.43. The summed E-state index contributed by atoms with van der Waals surface area (Å²) in [5, 5.41) is 8.08. The predicted octanol–water partition coefficient (Wildman–Crippen LogP) is -1.63. The Morgan fingerprint density at radius 2 is 1.91 bits per heavy atom. The molecule has 0 atom stereocenters. The van der Waals surface area contributed by atoms with Crippen molar-refractivity contribution in [3.05, 3.63) is 0 Å². The Morgan fingerprint density at radius 3 is 2.00 bits per heavy atom. The van der Waals surface area contributed by atoms with Gasteiger partial charge in [0.2, 0.25) is 10.5 Å². The molecule has 0 saturated heterocycles. The Bertz CT molecular complexity index is 95.1. The summed E-state index contributed by atoms with van der Waals surface area (Å²) in [6.07, 6.45) is 0.128. The fourth-order valence-electron chi connectivity index (χ4n) is 0.193. The van der Waals surface area contributed by atoms with Crippen molar-refractivity contribution in [2.75, 3.05) is 27.7 Å². The van der Waals surface area contributed by atoms with Gasteiger partial charge in [-0.3, -0.25) is 4.79 Å². The van der Waals surface area contributed by atoms with Gasteiger partial charge in [-0.25, -0.2) is 0 Å². The van der Waals surface area contributed by atoms with E-state index in [0.29, 0.717) is 10.5 Å². The van der Waals surface area contributed by atoms with E-state index in [1.54, 1.807) is 0 Å². The smallest absolute Gasteiger partial charge is 0.294 e. The van der Waals surface area contributed by atoms with Crippen LogP contribution >= 0.6 is 0 Å². The van der Waals surface area contributed by atoms with Crippen LogP contribution in [0.15, 0.2) is 0 Å². The molecule has 0 fully saturated rings. The molecule has 11 heavy (non-hydrogen) atoms. The average Bonchev–Trinajstić information content (AvgIpc) is 1.87. The first-order chi connectivity index (χ1) is 5.04. The fourth-order valence-corrected chi connectivity index (χ4v) is 0.397. The zero-order valence-electron chi connectivity index (χ0n) is 7.63. The highest BCUT2D eigenvalue weighted by molar-refractivity contribution is 6.05. The molecule has 0 saturated carbocycles. The van der Waals surface area contributed by atoms with Crippen molar-refractivity contribution in [3.8, 4) is 0 Å². The van der Waals surface area contributed by atoms with Gasteiger partial charge in [0.1, 0.15) is 0 Å². The Balaban J connectivity index is 0. The van der Waals surface area contributed by atoms with Crippen LogP contribution < -0.4 is 0 Å². The largest absolute Gasteiger partial charge is 0.529 e. The molecular weight excluding hydrogens is 162 g/mol. The molecule has 1 N–H and O–H groups in total. The van der Waals surface area contributed by atoms with Gasteiger partial charge in [-0.05, 0) is 21.1 Å². The molecule has 5 heteroatoms. The van der Waals surface area contributed by atoms with Gasteiger partial charge in [0.15, 0.2) is 0 Å². The third-order valence-corrected chi connectivity index (χ3v) is 0.999. The molecular formula is C6H17NO3Si. The van der Waals surface area contributed by atoms with E-state index in [-0.39, 0.29) is 19.0 Å². The zero-order chi connectivity index (χ0) is 9.28. The third-order valence-electron chi connectivity index (χ3n) is 0.544. The summed E-state index contributed by atoms with van der Waals surface area (Å²) in [6.45, 7) is -0.110. The van der Waals surface area contributed by atoms with Crippen molar-refractivity contribution in [1.29, 1.82) is 0 Å². The summed E-state index contributed by atoms with van der Waals surface area (Å²) in [5.74, 6) is -0.311. The Morgan fingerprint density at radius 1 is 1.55 bits per heavy atom. The van der Waals surface area contributed by atoms with Crippen LogP contribution in [0, 0.1) is 0 Å². The SMILES string of the molecule is CN(C)C.O=C(CCO)O[SiH3]. The summed E-state index contributed by atoms with van der Waals surface area (Å²) in [4.78, 5) is 12.1. The molecule has 4 nitrogen and oxygen atoms in total. The Hall–Kier alpha value is -0.393. The third kappa shape index (κ3) is 26.2. The maximum absolute atomic E-state index is 10.1. The maximum Gasteiger partial charge on any atom is 0.294 e. The van der Waals surface area contributed by atoms with E-state index in [1.807, 2.05) is 26.0 Å². The lowest BCUT2D eigenvalue weighted by Crippen LogP contribution is -2.02. The molecule has 0 aromatic carbocycles. The zero-order valence-corrected chi connectivity index (χ0v) is 9.63. The minimum atomic E-state index is -0.311. The highest BCUT2D eigenvalue weighted by Gasteiger charge is 1.92. The number of rotatable bonds is 2. The van der Waals surface area contributed by atoms with Crippen LogP contribution in [0.25, 0.3) is 0 Å². The summed E-state index contributed by atoms with van der Waals surface area (Å²) in [6, 6.07) is 0. The van der Waals surface area contributed by atoms with E-state index >= 15 is 0 Å². The summed E-state index contributed by atoms with van der Waals surface area (Å²) in [5.41, 5.74) is 0. The first kappa shape index (κ1) is 13.2. The van der Waals surface area contributed by atoms with E-state index in [1.165, 1.54) is 0 Å². The van der Waals surface area contributed by atoms with Crippen molar-refractivity contribution in [3.63, 3.8) is 0 Å². The molecule has 0 aliphatic heterocycles. The molecule has 0 spiro atoms. The van der Waals surface area contributed by atoms with Gasteiger partial charge in [0.05, 0.1) is 13.0 Å². The van der Waals surface area contributed by atoms with Crippen LogP contribution in [0.5, 0.6) is 0 Å². The normalized spacial score (nSPS) is 8.82. The second-order valence-electron chi connectivity index (χ2n) is 2.39. The average molecular weight is 179 g/mol. The van der Waals surface area contributed by atoms with Crippen LogP contribution in [0.2, 0.25) is 0 Å². The quantitative estimate of drug-likeness (QED) is 0.517. The van der Waals surface area contributed by atoms with Crippen molar-refractivity contribution in [2.24, 2.45) is 0 Å². The molecule has 0 aromatic rings. The molecule has 0 heterocycles. The first-order valence-corrected chi connectivity index (χ1v) is 4.14. The standard InChI is InChI=1S/C3H9N.C3H8O3Si/c1-4(2)3;4-2-1-3(5)6-7/h1-3H3;4H,1-2H2,7H3. The van der Waals surface area contributed by atoms with E-state index < -0.39 is 0 Å². The van der Waals surface area contributed by atoms with Gasteiger partial charge in [-0.15, -0.1) is 0 Å². The summed E-state index contributed by atoms with van der Waals surface area (Å²) >= 11 is 0. The van der Waals surface area contributed by atoms with Crippen LogP contribution in [0.4, 0.5) is 0 Å². The van der Waals surface area contributed by atoms with E-state index in [0.717, 1.165) is 0 Å². The molecule has 0 amide bonds. The lowest BCUT2D eigenvalue weighted by atomic mass is 10.5. The number of nitrogens with zero attached hydrogens (tertiary/aromatic N) is 1. The van der Waals surface area contributed by atoms with Crippen molar-refractivity contribution in [1.82, 2.24) is 4.90 Å². The van der Waals surface area contributed by atoms with Crippen molar-refractivity contribution in [2.45, 2.75) is 6.42 Å². The number of hydrogen-bond acceptors (Lipinski definition) is 4. The van der Waals surface area contributed by atoms with E-state index in [9.17, 15) is 4.79 Å². The van der Waals surface area contributed by atoms with Gasteiger partial charge < -0.3 is 14.4 Å². The fraction of sp³-hybridized carbons (Fsp3) is 0.833. The second kappa shape index (κ2) is 9.61. The molecule has 0 bridgehead atoms. The molecule has 0 radical (unpaired) electrons.